The van der Waals surface area contributed by atoms with E-state index in [0.29, 0.717) is 0 Å². The first kappa shape index (κ1) is 19.2. The van der Waals surface area contributed by atoms with Crippen LogP contribution >= 0.6 is 0 Å². The zero-order valence-electron chi connectivity index (χ0n) is 13.7. The van der Waals surface area contributed by atoms with Crippen molar-refractivity contribution in [1.82, 2.24) is 0 Å². The number of hydrogen-bond donors (Lipinski definition) is 1. The maximum absolute atomic E-state index is 12.0. The van der Waals surface area contributed by atoms with E-state index in [0.717, 1.165) is 6.92 Å². The van der Waals surface area contributed by atoms with Crippen LogP contribution in [0.3, 0.4) is 0 Å². The molecule has 23 heavy (non-hydrogen) atoms. The minimum Gasteiger partial charge on any atom is -0.458 e. The first-order valence-corrected chi connectivity index (χ1v) is 7.23. The molecule has 8 heteroatoms. The van der Waals surface area contributed by atoms with Gasteiger partial charge in [-0.1, -0.05) is 0 Å². The van der Waals surface area contributed by atoms with Crippen molar-refractivity contribution >= 4 is 23.5 Å². The summed E-state index contributed by atoms with van der Waals surface area (Å²) in [6.45, 7) is 4.01. The van der Waals surface area contributed by atoms with E-state index >= 15 is 0 Å². The molecule has 1 rings (SSSR count). The Hall–Kier alpha value is -1.80. The lowest BCUT2D eigenvalue weighted by atomic mass is 9.79. The SMILES string of the molecule is CC(=O)C[C@@H]1CO[C@@](CO)(C(C)=O)[C@H](OC(C)=O)[C@@H]1OC(C)=O. The van der Waals surface area contributed by atoms with E-state index in [2.05, 4.69) is 0 Å². The Bertz CT molecular complexity index is 500. The summed E-state index contributed by atoms with van der Waals surface area (Å²) in [5.41, 5.74) is -1.82. The van der Waals surface area contributed by atoms with E-state index in [9.17, 15) is 24.3 Å². The number of hydrogen-bond acceptors (Lipinski definition) is 8. The van der Waals surface area contributed by atoms with Crippen LogP contribution in [0.2, 0.25) is 0 Å². The second-order valence-corrected chi connectivity index (χ2v) is 5.69. The Kier molecular flexibility index (Phi) is 6.40. The van der Waals surface area contributed by atoms with Gasteiger partial charge in [0.1, 0.15) is 11.9 Å². The summed E-state index contributed by atoms with van der Waals surface area (Å²) in [6.07, 6.45) is -2.37. The highest BCUT2D eigenvalue weighted by atomic mass is 16.6. The van der Waals surface area contributed by atoms with Crippen LogP contribution in [0.4, 0.5) is 0 Å². The van der Waals surface area contributed by atoms with Gasteiger partial charge in [-0.2, -0.15) is 0 Å². The van der Waals surface area contributed by atoms with Crippen LogP contribution in [-0.4, -0.2) is 59.6 Å². The first-order valence-electron chi connectivity index (χ1n) is 7.23. The number of carbonyl (C=O) groups is 4. The number of carbonyl (C=O) groups excluding carboxylic acids is 4. The van der Waals surface area contributed by atoms with E-state index in [-0.39, 0.29) is 18.8 Å². The summed E-state index contributed by atoms with van der Waals surface area (Å²) < 4.78 is 15.9. The quantitative estimate of drug-likeness (QED) is 0.665. The standard InChI is InChI=1S/C15H22O8/c1-8(17)5-12-6-21-15(7-16,9(2)18)14(23-11(4)20)13(12)22-10(3)19/h12-14,16H,5-7H2,1-4H3/t12-,13-,14-,15+/m1/s1. The molecule has 0 radical (unpaired) electrons. The van der Waals surface area contributed by atoms with Crippen molar-refractivity contribution < 1.29 is 38.5 Å². The molecule has 4 atom stereocenters. The molecule has 1 saturated heterocycles. The van der Waals surface area contributed by atoms with Gasteiger partial charge < -0.3 is 24.1 Å². The molecule has 8 nitrogen and oxygen atoms in total. The third-order valence-corrected chi connectivity index (χ3v) is 3.75. The van der Waals surface area contributed by atoms with Crippen molar-refractivity contribution in [1.29, 1.82) is 0 Å². The second kappa shape index (κ2) is 7.65. The predicted molar refractivity (Wildman–Crippen MR) is 76.3 cm³/mol. The topological polar surface area (TPSA) is 116 Å². The Morgan fingerprint density at radius 1 is 1.09 bits per heavy atom. The summed E-state index contributed by atoms with van der Waals surface area (Å²) in [7, 11) is 0. The van der Waals surface area contributed by atoms with E-state index in [1.165, 1.54) is 20.8 Å². The highest BCUT2D eigenvalue weighted by Crippen LogP contribution is 2.35. The average Bonchev–Trinajstić information content (AvgIpc) is 2.41. The average molecular weight is 330 g/mol. The minimum atomic E-state index is -1.82. The summed E-state index contributed by atoms with van der Waals surface area (Å²) in [6, 6.07) is 0. The lowest BCUT2D eigenvalue weighted by Crippen LogP contribution is -2.66. The van der Waals surface area contributed by atoms with Crippen molar-refractivity contribution in [3.63, 3.8) is 0 Å². The van der Waals surface area contributed by atoms with E-state index in [4.69, 9.17) is 14.2 Å². The molecule has 0 aromatic carbocycles. The number of esters is 2. The minimum absolute atomic E-state index is 0.0229. The van der Waals surface area contributed by atoms with E-state index < -0.39 is 48.1 Å². The maximum atomic E-state index is 12.0. The summed E-state index contributed by atoms with van der Waals surface area (Å²) >= 11 is 0. The molecule has 1 heterocycles. The van der Waals surface area contributed by atoms with Crippen molar-refractivity contribution in [3.05, 3.63) is 0 Å². The zero-order valence-corrected chi connectivity index (χ0v) is 13.7. The Morgan fingerprint density at radius 2 is 1.65 bits per heavy atom. The Labute approximate surface area is 134 Å². The third kappa shape index (κ3) is 4.35. The van der Waals surface area contributed by atoms with Crippen LogP contribution in [0.1, 0.15) is 34.1 Å². The van der Waals surface area contributed by atoms with Crippen LogP contribution < -0.4 is 0 Å². The fourth-order valence-corrected chi connectivity index (χ4v) is 2.73. The molecule has 0 amide bonds. The summed E-state index contributed by atoms with van der Waals surface area (Å²) in [4.78, 5) is 46.3. The van der Waals surface area contributed by atoms with E-state index in [1.807, 2.05) is 0 Å². The Morgan fingerprint density at radius 3 is 2.04 bits per heavy atom. The molecular formula is C15H22O8. The normalized spacial score (nSPS) is 30.4. The van der Waals surface area contributed by atoms with Gasteiger partial charge in [0, 0.05) is 26.2 Å². The number of ether oxygens (including phenoxy) is 3. The van der Waals surface area contributed by atoms with Crippen molar-refractivity contribution in [2.75, 3.05) is 13.2 Å². The molecule has 1 N–H and O–H groups in total. The van der Waals surface area contributed by atoms with Crippen molar-refractivity contribution in [2.45, 2.75) is 51.9 Å². The highest BCUT2D eigenvalue weighted by Gasteiger charge is 2.57. The molecule has 1 aliphatic rings. The van der Waals surface area contributed by atoms with Gasteiger partial charge >= 0.3 is 11.9 Å². The first-order chi connectivity index (χ1) is 10.6. The van der Waals surface area contributed by atoms with Crippen LogP contribution in [0, 0.1) is 5.92 Å². The van der Waals surface area contributed by atoms with Crippen molar-refractivity contribution in [3.8, 4) is 0 Å². The van der Waals surface area contributed by atoms with Crippen LogP contribution in [0.5, 0.6) is 0 Å². The van der Waals surface area contributed by atoms with Crippen LogP contribution in [-0.2, 0) is 33.4 Å². The molecule has 0 bridgehead atoms. The monoisotopic (exact) mass is 330 g/mol. The molecule has 1 aliphatic heterocycles. The molecule has 130 valence electrons. The van der Waals surface area contributed by atoms with Gasteiger partial charge in [0.05, 0.1) is 13.2 Å². The number of aliphatic hydroxyl groups excluding tert-OH is 1. The van der Waals surface area contributed by atoms with Gasteiger partial charge in [-0.05, 0) is 13.8 Å². The number of Topliss-reactive ketones (excluding diaryl/α,β-unsaturated/α-hetero) is 2. The van der Waals surface area contributed by atoms with Gasteiger partial charge in [0.2, 0.25) is 0 Å². The lowest BCUT2D eigenvalue weighted by Gasteiger charge is -2.46. The Balaban J connectivity index is 3.29. The van der Waals surface area contributed by atoms with Gasteiger partial charge in [-0.15, -0.1) is 0 Å². The van der Waals surface area contributed by atoms with Gasteiger partial charge in [-0.25, -0.2) is 0 Å². The smallest absolute Gasteiger partial charge is 0.303 e. The molecule has 0 spiro atoms. The summed E-state index contributed by atoms with van der Waals surface area (Å²) in [5.74, 6) is -2.70. The maximum Gasteiger partial charge on any atom is 0.303 e. The van der Waals surface area contributed by atoms with E-state index in [1.54, 1.807) is 0 Å². The molecule has 0 unspecified atom stereocenters. The number of ketones is 2. The molecule has 0 aliphatic carbocycles. The highest BCUT2D eigenvalue weighted by molar-refractivity contribution is 5.87. The van der Waals surface area contributed by atoms with Crippen molar-refractivity contribution in [2.24, 2.45) is 5.92 Å². The molecule has 0 saturated carbocycles. The fourth-order valence-electron chi connectivity index (χ4n) is 2.73. The largest absolute Gasteiger partial charge is 0.458 e. The predicted octanol–water partition coefficient (Wildman–Crippen LogP) is -0.205. The second-order valence-electron chi connectivity index (χ2n) is 5.69. The van der Waals surface area contributed by atoms with Crippen LogP contribution in [0.25, 0.3) is 0 Å². The zero-order chi connectivity index (χ0) is 17.8. The lowest BCUT2D eigenvalue weighted by molar-refractivity contribution is -0.242. The number of aliphatic hydroxyl groups is 1. The van der Waals surface area contributed by atoms with Gasteiger partial charge in [0.25, 0.3) is 0 Å². The number of rotatable bonds is 6. The molecular weight excluding hydrogens is 308 g/mol. The molecule has 0 aromatic rings. The fraction of sp³-hybridized carbons (Fsp3) is 0.733. The molecule has 0 aromatic heterocycles. The van der Waals surface area contributed by atoms with Gasteiger partial charge in [-0.3, -0.25) is 14.4 Å². The van der Waals surface area contributed by atoms with Crippen LogP contribution in [0.15, 0.2) is 0 Å². The third-order valence-electron chi connectivity index (χ3n) is 3.75. The molecule has 1 fully saturated rings. The summed E-state index contributed by atoms with van der Waals surface area (Å²) in [5, 5.41) is 9.67. The van der Waals surface area contributed by atoms with Gasteiger partial charge in [0.15, 0.2) is 17.5 Å².